The molecular weight excluding hydrogens is 470 g/mol. The number of hydrogen-bond donors (Lipinski definition) is 0. The smallest absolute Gasteiger partial charge is 0.410 e. The van der Waals surface area contributed by atoms with Crippen LogP contribution in [-0.4, -0.2) is 57.8 Å². The predicted molar refractivity (Wildman–Crippen MR) is 145 cm³/mol. The summed E-state index contributed by atoms with van der Waals surface area (Å²) in [5.41, 5.74) is 2.21. The van der Waals surface area contributed by atoms with Crippen molar-refractivity contribution in [3.8, 4) is 0 Å². The highest BCUT2D eigenvalue weighted by Gasteiger charge is 2.47. The molecule has 36 heavy (non-hydrogen) atoms. The van der Waals surface area contributed by atoms with Gasteiger partial charge in [-0.1, -0.05) is 93.6 Å². The number of cyclic esters (lactones) is 1. The Kier molecular flexibility index (Phi) is 9.90. The van der Waals surface area contributed by atoms with Crippen LogP contribution in [0.2, 0.25) is 18.1 Å². The van der Waals surface area contributed by atoms with Gasteiger partial charge in [0.15, 0.2) is 14.4 Å². The predicted octanol–water partition coefficient (Wildman–Crippen LogP) is 6.19. The van der Waals surface area contributed by atoms with E-state index in [1.807, 2.05) is 72.8 Å². The molecular formula is C29H41NO5Si. The Labute approximate surface area is 217 Å². The first-order valence-electron chi connectivity index (χ1n) is 12.6. The molecule has 1 fully saturated rings. The molecule has 1 amide bonds. The molecule has 0 aliphatic carbocycles. The molecule has 0 radical (unpaired) electrons. The number of ether oxygens (including phenoxy) is 3. The quantitative estimate of drug-likeness (QED) is 0.193. The lowest BCUT2D eigenvalue weighted by Crippen LogP contribution is -2.52. The SMILES string of the molecule is CN1C(=O)O[C@H](COCc2ccccc2)[C@@H]1[C@H](/C=C/COCc1ccccc1)O[Si](C)(C)C(C)(C)C. The Balaban J connectivity index is 1.71. The topological polar surface area (TPSA) is 57.2 Å². The maximum absolute atomic E-state index is 12.6. The third kappa shape index (κ3) is 7.77. The van der Waals surface area contributed by atoms with Gasteiger partial charge in [0.05, 0.1) is 32.5 Å². The minimum atomic E-state index is -2.15. The average Bonchev–Trinajstić information content (AvgIpc) is 3.11. The Morgan fingerprint density at radius 1 is 0.972 bits per heavy atom. The molecule has 1 heterocycles. The first-order valence-corrected chi connectivity index (χ1v) is 15.5. The van der Waals surface area contributed by atoms with Gasteiger partial charge in [-0.2, -0.15) is 0 Å². The lowest BCUT2D eigenvalue weighted by atomic mass is 10.0. The molecule has 2 aromatic carbocycles. The van der Waals surface area contributed by atoms with Gasteiger partial charge in [0, 0.05) is 7.05 Å². The third-order valence-electron chi connectivity index (χ3n) is 6.99. The highest BCUT2D eigenvalue weighted by molar-refractivity contribution is 6.74. The van der Waals surface area contributed by atoms with Crippen LogP contribution in [0, 0.1) is 0 Å². The zero-order valence-electron chi connectivity index (χ0n) is 22.5. The van der Waals surface area contributed by atoms with Gasteiger partial charge in [0.25, 0.3) is 0 Å². The van der Waals surface area contributed by atoms with Crippen molar-refractivity contribution in [1.82, 2.24) is 4.90 Å². The maximum Gasteiger partial charge on any atom is 0.410 e. The lowest BCUT2D eigenvalue weighted by Gasteiger charge is -2.41. The summed E-state index contributed by atoms with van der Waals surface area (Å²) in [4.78, 5) is 14.2. The van der Waals surface area contributed by atoms with Crippen LogP contribution in [0.4, 0.5) is 4.79 Å². The Hall–Kier alpha value is -2.45. The van der Waals surface area contributed by atoms with Crippen molar-refractivity contribution in [2.45, 2.75) is 70.4 Å². The second-order valence-corrected chi connectivity index (χ2v) is 15.6. The van der Waals surface area contributed by atoms with Crippen molar-refractivity contribution in [3.63, 3.8) is 0 Å². The molecule has 7 heteroatoms. The molecule has 0 unspecified atom stereocenters. The summed E-state index contributed by atoms with van der Waals surface area (Å²) in [7, 11) is -0.378. The van der Waals surface area contributed by atoms with Gasteiger partial charge in [-0.3, -0.25) is 0 Å². The summed E-state index contributed by atoms with van der Waals surface area (Å²) in [6, 6.07) is 19.8. The minimum absolute atomic E-state index is 0.0181. The van der Waals surface area contributed by atoms with E-state index in [2.05, 4.69) is 33.9 Å². The molecule has 0 saturated carbocycles. The Morgan fingerprint density at radius 2 is 1.53 bits per heavy atom. The monoisotopic (exact) mass is 511 g/mol. The molecule has 196 valence electrons. The van der Waals surface area contributed by atoms with Crippen LogP contribution < -0.4 is 0 Å². The van der Waals surface area contributed by atoms with Crippen molar-refractivity contribution in [1.29, 1.82) is 0 Å². The number of benzene rings is 2. The molecule has 0 spiro atoms. The fourth-order valence-electron chi connectivity index (χ4n) is 3.83. The molecule has 1 saturated heterocycles. The van der Waals surface area contributed by atoms with Crippen LogP contribution in [0.5, 0.6) is 0 Å². The molecule has 3 rings (SSSR count). The number of carbonyl (C=O) groups excluding carboxylic acids is 1. The number of nitrogens with zero attached hydrogens (tertiary/aromatic N) is 1. The van der Waals surface area contributed by atoms with Crippen molar-refractivity contribution in [3.05, 3.63) is 83.9 Å². The standard InChI is InChI=1S/C29H41NO5Si/c1-29(2,3)36(5,6)35-25(18-13-19-32-20-23-14-9-7-10-15-23)27-26(34-28(31)30(27)4)22-33-21-24-16-11-8-12-17-24/h7-18,25-27H,19-22H2,1-6H3/b18-13+/t25-,26+,27-/m0/s1. The van der Waals surface area contributed by atoms with E-state index in [1.165, 1.54) is 0 Å². The average molecular weight is 512 g/mol. The second-order valence-electron chi connectivity index (χ2n) is 10.8. The summed E-state index contributed by atoms with van der Waals surface area (Å²) >= 11 is 0. The van der Waals surface area contributed by atoms with Crippen LogP contribution in [0.15, 0.2) is 72.8 Å². The first kappa shape index (κ1) is 28.1. The van der Waals surface area contributed by atoms with Crippen LogP contribution in [0.25, 0.3) is 0 Å². The van der Waals surface area contributed by atoms with E-state index in [1.54, 1.807) is 11.9 Å². The number of hydrogen-bond acceptors (Lipinski definition) is 5. The summed E-state index contributed by atoms with van der Waals surface area (Å²) in [5.74, 6) is 0. The van der Waals surface area contributed by atoms with Gasteiger partial charge in [0.1, 0.15) is 6.04 Å². The van der Waals surface area contributed by atoms with Gasteiger partial charge >= 0.3 is 6.09 Å². The largest absolute Gasteiger partial charge is 0.441 e. The van der Waals surface area contributed by atoms with Crippen molar-refractivity contribution < 1.29 is 23.4 Å². The summed E-state index contributed by atoms with van der Waals surface area (Å²) in [6.45, 7) is 12.8. The second kappa shape index (κ2) is 12.7. The number of carbonyl (C=O) groups is 1. The number of rotatable bonds is 12. The lowest BCUT2D eigenvalue weighted by molar-refractivity contribution is 0.00932. The number of amides is 1. The van der Waals surface area contributed by atoms with Crippen LogP contribution in [0.3, 0.4) is 0 Å². The zero-order chi connectivity index (χ0) is 26.2. The Bertz CT molecular complexity index is 974. The van der Waals surface area contributed by atoms with Crippen LogP contribution in [-0.2, 0) is 31.9 Å². The Morgan fingerprint density at radius 3 is 2.08 bits per heavy atom. The van der Waals surface area contributed by atoms with E-state index in [0.29, 0.717) is 26.4 Å². The van der Waals surface area contributed by atoms with E-state index in [-0.39, 0.29) is 23.3 Å². The molecule has 0 bridgehead atoms. The summed E-state index contributed by atoms with van der Waals surface area (Å²) in [6.07, 6.45) is 2.88. The van der Waals surface area contributed by atoms with E-state index in [0.717, 1.165) is 11.1 Å². The van der Waals surface area contributed by atoms with Crippen LogP contribution in [0.1, 0.15) is 31.9 Å². The third-order valence-corrected chi connectivity index (χ3v) is 11.5. The highest BCUT2D eigenvalue weighted by Crippen LogP contribution is 2.39. The van der Waals surface area contributed by atoms with E-state index in [4.69, 9.17) is 18.6 Å². The van der Waals surface area contributed by atoms with E-state index in [9.17, 15) is 4.79 Å². The first-order chi connectivity index (χ1) is 17.1. The maximum atomic E-state index is 12.6. The molecule has 1 aliphatic heterocycles. The number of likely N-dealkylation sites (N-methyl/N-ethyl adjacent to an activating group) is 1. The summed E-state index contributed by atoms with van der Waals surface area (Å²) < 4.78 is 24.4. The van der Waals surface area contributed by atoms with E-state index >= 15 is 0 Å². The molecule has 2 aromatic rings. The van der Waals surface area contributed by atoms with Gasteiger partial charge in [-0.15, -0.1) is 0 Å². The normalized spacial score (nSPS) is 19.6. The molecule has 0 aromatic heterocycles. The fraction of sp³-hybridized carbons (Fsp3) is 0.483. The van der Waals surface area contributed by atoms with Crippen molar-refractivity contribution >= 4 is 14.4 Å². The highest BCUT2D eigenvalue weighted by atomic mass is 28.4. The van der Waals surface area contributed by atoms with Crippen molar-refractivity contribution in [2.24, 2.45) is 0 Å². The van der Waals surface area contributed by atoms with Crippen LogP contribution >= 0.6 is 0 Å². The van der Waals surface area contributed by atoms with E-state index < -0.39 is 14.4 Å². The molecule has 0 N–H and O–H groups in total. The zero-order valence-corrected chi connectivity index (χ0v) is 23.5. The van der Waals surface area contributed by atoms with Gasteiger partial charge in [0.2, 0.25) is 0 Å². The van der Waals surface area contributed by atoms with Gasteiger partial charge < -0.3 is 23.5 Å². The molecule has 3 atom stereocenters. The van der Waals surface area contributed by atoms with Crippen molar-refractivity contribution in [2.75, 3.05) is 20.3 Å². The fourth-order valence-corrected chi connectivity index (χ4v) is 5.09. The molecule has 6 nitrogen and oxygen atoms in total. The minimum Gasteiger partial charge on any atom is -0.441 e. The molecule has 1 aliphatic rings. The van der Waals surface area contributed by atoms with Gasteiger partial charge in [-0.05, 0) is 29.3 Å². The summed E-state index contributed by atoms with van der Waals surface area (Å²) in [5, 5.41) is 0.0181. The van der Waals surface area contributed by atoms with Gasteiger partial charge in [-0.25, -0.2) is 4.79 Å².